The third kappa shape index (κ3) is 4.54. The summed E-state index contributed by atoms with van der Waals surface area (Å²) in [5, 5.41) is 2.77. The number of hydrogen-bond donors (Lipinski definition) is 1. The highest BCUT2D eigenvalue weighted by molar-refractivity contribution is 5.93. The minimum absolute atomic E-state index is 0.0374. The fraction of sp³-hybridized carbons (Fsp3) is 0.192. The molecule has 32 heavy (non-hydrogen) atoms. The second-order valence-corrected chi connectivity index (χ2v) is 7.40. The van der Waals surface area contributed by atoms with Crippen LogP contribution in [0.5, 0.6) is 0 Å². The normalized spacial score (nSPS) is 12.3. The predicted molar refractivity (Wildman–Crippen MR) is 122 cm³/mol. The van der Waals surface area contributed by atoms with Gasteiger partial charge in [0.05, 0.1) is 12.7 Å². The van der Waals surface area contributed by atoms with E-state index in [-0.39, 0.29) is 12.5 Å². The van der Waals surface area contributed by atoms with E-state index in [1.165, 1.54) is 29.4 Å². The number of rotatable bonds is 7. The van der Waals surface area contributed by atoms with Crippen molar-refractivity contribution in [3.05, 3.63) is 95.3 Å². The summed E-state index contributed by atoms with van der Waals surface area (Å²) in [5.74, 6) is -0.376. The van der Waals surface area contributed by atoms with Gasteiger partial charge in [0, 0.05) is 30.4 Å². The predicted octanol–water partition coefficient (Wildman–Crippen LogP) is 4.81. The molecule has 1 amide bonds. The number of pyridine rings is 1. The lowest BCUT2D eigenvalue weighted by Crippen LogP contribution is -2.26. The Hall–Kier alpha value is -3.93. The van der Waals surface area contributed by atoms with E-state index < -0.39 is 12.1 Å². The minimum Gasteiger partial charge on any atom is -0.465 e. The molecule has 1 aromatic heterocycles. The Morgan fingerprint density at radius 2 is 1.72 bits per heavy atom. The molecule has 4 rings (SSSR count). The molecule has 1 N–H and O–H groups in total. The molecular weight excluding hydrogens is 404 g/mol. The van der Waals surface area contributed by atoms with Crippen LogP contribution in [0.1, 0.15) is 39.4 Å². The molecule has 0 bridgehead atoms. The van der Waals surface area contributed by atoms with E-state index in [4.69, 9.17) is 9.47 Å². The van der Waals surface area contributed by atoms with Crippen LogP contribution in [0, 0.1) is 0 Å². The Morgan fingerprint density at radius 3 is 2.41 bits per heavy atom. The second kappa shape index (κ2) is 9.92. The van der Waals surface area contributed by atoms with Crippen LogP contribution < -0.4 is 5.32 Å². The van der Waals surface area contributed by atoms with Crippen molar-refractivity contribution in [2.75, 3.05) is 20.3 Å². The molecule has 0 saturated heterocycles. The van der Waals surface area contributed by atoms with Gasteiger partial charge in [0.25, 0.3) is 0 Å². The molecule has 1 aliphatic carbocycles. The van der Waals surface area contributed by atoms with Crippen LogP contribution in [-0.4, -0.2) is 37.3 Å². The topological polar surface area (TPSA) is 77.5 Å². The summed E-state index contributed by atoms with van der Waals surface area (Å²) in [6, 6.07) is 18.1. The molecule has 0 aliphatic heterocycles. The van der Waals surface area contributed by atoms with Crippen molar-refractivity contribution >= 4 is 18.1 Å². The minimum atomic E-state index is -0.447. The van der Waals surface area contributed by atoms with Gasteiger partial charge in [0.1, 0.15) is 6.61 Å². The first-order chi connectivity index (χ1) is 15.7. The zero-order valence-electron chi connectivity index (χ0n) is 17.8. The molecule has 3 aromatic rings. The lowest BCUT2D eigenvalue weighted by molar-refractivity contribution is 0.0600. The van der Waals surface area contributed by atoms with Gasteiger partial charge < -0.3 is 14.8 Å². The molecular formula is C26H24N2O4. The van der Waals surface area contributed by atoms with Crippen molar-refractivity contribution in [2.45, 2.75) is 12.3 Å². The number of aromatic nitrogens is 1. The maximum absolute atomic E-state index is 12.2. The fourth-order valence-electron chi connectivity index (χ4n) is 3.95. The number of alkyl carbamates (subject to hydrolysis) is 1. The van der Waals surface area contributed by atoms with Crippen LogP contribution in [-0.2, 0) is 9.47 Å². The number of ether oxygens (including phenoxy) is 2. The quantitative estimate of drug-likeness (QED) is 0.432. The van der Waals surface area contributed by atoms with E-state index in [0.717, 1.165) is 0 Å². The van der Waals surface area contributed by atoms with Crippen LogP contribution in [0.25, 0.3) is 17.2 Å². The van der Waals surface area contributed by atoms with Gasteiger partial charge in [-0.15, -0.1) is 0 Å². The average Bonchev–Trinajstić information content (AvgIpc) is 3.16. The number of fused-ring (bicyclic) bond motifs is 3. The highest BCUT2D eigenvalue weighted by Gasteiger charge is 2.28. The Morgan fingerprint density at radius 1 is 1.03 bits per heavy atom. The van der Waals surface area contributed by atoms with E-state index >= 15 is 0 Å². The van der Waals surface area contributed by atoms with Crippen LogP contribution >= 0.6 is 0 Å². The van der Waals surface area contributed by atoms with Crippen LogP contribution in [0.4, 0.5) is 4.79 Å². The summed E-state index contributed by atoms with van der Waals surface area (Å²) in [6.45, 7) is 0.703. The molecule has 0 radical (unpaired) electrons. The summed E-state index contributed by atoms with van der Waals surface area (Å²) in [6.07, 6.45) is 6.94. The number of carbonyl (C=O) groups excluding carboxylic acids is 2. The number of benzene rings is 2. The first-order valence-electron chi connectivity index (χ1n) is 10.5. The van der Waals surface area contributed by atoms with Gasteiger partial charge in [-0.1, -0.05) is 60.7 Å². The number of nitrogens with one attached hydrogen (secondary N) is 1. The number of nitrogens with zero attached hydrogens (tertiary/aromatic N) is 1. The summed E-state index contributed by atoms with van der Waals surface area (Å²) >= 11 is 0. The van der Waals surface area contributed by atoms with Crippen molar-refractivity contribution in [3.8, 4) is 11.1 Å². The Labute approximate surface area is 186 Å². The molecule has 6 nitrogen and oxygen atoms in total. The Kier molecular flexibility index (Phi) is 6.60. The molecule has 1 heterocycles. The summed E-state index contributed by atoms with van der Waals surface area (Å²) in [4.78, 5) is 28.0. The van der Waals surface area contributed by atoms with Gasteiger partial charge in [-0.3, -0.25) is 4.98 Å². The fourth-order valence-corrected chi connectivity index (χ4v) is 3.95. The summed E-state index contributed by atoms with van der Waals surface area (Å²) < 4.78 is 10.3. The Balaban J connectivity index is 1.28. The van der Waals surface area contributed by atoms with Crippen molar-refractivity contribution in [3.63, 3.8) is 0 Å². The van der Waals surface area contributed by atoms with E-state index in [2.05, 4.69) is 34.6 Å². The van der Waals surface area contributed by atoms with E-state index in [1.54, 1.807) is 24.5 Å². The number of hydrogen-bond acceptors (Lipinski definition) is 5. The lowest BCUT2D eigenvalue weighted by atomic mass is 9.98. The molecule has 0 atom stereocenters. The molecule has 2 aromatic carbocycles. The molecule has 6 heteroatoms. The molecule has 0 spiro atoms. The third-order valence-electron chi connectivity index (χ3n) is 5.48. The largest absolute Gasteiger partial charge is 0.465 e. The SMILES string of the molecule is COC(=O)c1ccncc1C=CCCNC(=O)OCC1c2ccccc2-c2ccccc21. The number of methoxy groups -OCH3 is 1. The maximum atomic E-state index is 12.2. The van der Waals surface area contributed by atoms with Crippen molar-refractivity contribution in [2.24, 2.45) is 0 Å². The summed E-state index contributed by atoms with van der Waals surface area (Å²) in [7, 11) is 1.34. The highest BCUT2D eigenvalue weighted by Crippen LogP contribution is 2.44. The second-order valence-electron chi connectivity index (χ2n) is 7.40. The molecule has 0 unspecified atom stereocenters. The zero-order chi connectivity index (χ0) is 22.3. The third-order valence-corrected chi connectivity index (χ3v) is 5.48. The van der Waals surface area contributed by atoms with Gasteiger partial charge in [0.2, 0.25) is 0 Å². The number of amides is 1. The van der Waals surface area contributed by atoms with Crippen LogP contribution in [0.15, 0.2) is 73.1 Å². The van der Waals surface area contributed by atoms with Crippen LogP contribution in [0.2, 0.25) is 0 Å². The standard InChI is InChI=1S/C26H24N2O4/c1-31-25(29)19-13-15-27-16-18(19)8-6-7-14-28-26(30)32-17-24-22-11-4-2-9-20(22)21-10-3-5-12-23(21)24/h2-6,8-13,15-16,24H,7,14,17H2,1H3,(H,28,30). The first-order valence-corrected chi connectivity index (χ1v) is 10.5. The van der Waals surface area contributed by atoms with Gasteiger partial charge >= 0.3 is 12.1 Å². The van der Waals surface area contributed by atoms with E-state index in [1.807, 2.05) is 30.3 Å². The summed E-state index contributed by atoms with van der Waals surface area (Å²) in [5.41, 5.74) is 5.88. The molecule has 0 fully saturated rings. The molecule has 0 saturated carbocycles. The van der Waals surface area contributed by atoms with Gasteiger partial charge in [0.15, 0.2) is 0 Å². The van der Waals surface area contributed by atoms with Crippen molar-refractivity contribution < 1.29 is 19.1 Å². The highest BCUT2D eigenvalue weighted by atomic mass is 16.5. The van der Waals surface area contributed by atoms with E-state index in [0.29, 0.717) is 24.1 Å². The van der Waals surface area contributed by atoms with Crippen LogP contribution in [0.3, 0.4) is 0 Å². The first kappa shape index (κ1) is 21.3. The van der Waals surface area contributed by atoms with E-state index in [9.17, 15) is 9.59 Å². The lowest BCUT2D eigenvalue weighted by Gasteiger charge is -2.14. The van der Waals surface area contributed by atoms with Crippen molar-refractivity contribution in [1.82, 2.24) is 10.3 Å². The maximum Gasteiger partial charge on any atom is 0.407 e. The molecule has 1 aliphatic rings. The smallest absolute Gasteiger partial charge is 0.407 e. The Bertz CT molecular complexity index is 1110. The molecule has 162 valence electrons. The van der Waals surface area contributed by atoms with Gasteiger partial charge in [-0.05, 0) is 34.7 Å². The number of esters is 1. The number of carbonyl (C=O) groups is 2. The monoisotopic (exact) mass is 428 g/mol. The zero-order valence-corrected chi connectivity index (χ0v) is 17.8. The van der Waals surface area contributed by atoms with Crippen molar-refractivity contribution in [1.29, 1.82) is 0 Å². The van der Waals surface area contributed by atoms with Gasteiger partial charge in [-0.2, -0.15) is 0 Å². The average molecular weight is 428 g/mol. The van der Waals surface area contributed by atoms with Gasteiger partial charge in [-0.25, -0.2) is 9.59 Å².